The summed E-state index contributed by atoms with van der Waals surface area (Å²) >= 11 is 0. The number of aliphatic hydroxyl groups excluding tert-OH is 1. The molecule has 1 aliphatic rings. The summed E-state index contributed by atoms with van der Waals surface area (Å²) in [5.41, 5.74) is -2.75. The number of hydrogen-bond acceptors (Lipinski definition) is 7. The van der Waals surface area contributed by atoms with Crippen molar-refractivity contribution in [1.29, 1.82) is 0 Å². The van der Waals surface area contributed by atoms with Crippen LogP contribution in [0.1, 0.15) is 20.7 Å². The van der Waals surface area contributed by atoms with Gasteiger partial charge in [-0.05, 0) is 12.1 Å². The highest BCUT2D eigenvalue weighted by molar-refractivity contribution is 6.24. The van der Waals surface area contributed by atoms with Crippen molar-refractivity contribution in [2.24, 2.45) is 0 Å². The summed E-state index contributed by atoms with van der Waals surface area (Å²) in [5.74, 6) is -4.87. The highest BCUT2D eigenvalue weighted by Crippen LogP contribution is 2.31. The summed E-state index contributed by atoms with van der Waals surface area (Å²) in [6.07, 6.45) is -2.25. The maximum atomic E-state index is 12.8. The fourth-order valence-electron chi connectivity index (χ4n) is 2.44. The number of carbonyl (C=O) groups excluding carboxylic acids is 4. The number of ether oxygens (including phenoxy) is 2. The average Bonchev–Trinajstić information content (AvgIpc) is 2.86. The Balaban J connectivity index is 2.05. The Hall–Kier alpha value is -3.32. The molecule has 0 aliphatic carbocycles. The number of hydrogen-bond donors (Lipinski definition) is 1. The minimum absolute atomic E-state index is 0.0194. The lowest BCUT2D eigenvalue weighted by Gasteiger charge is -2.25. The number of cyclic esters (lactones) is 2. The molecule has 1 aliphatic heterocycles. The van der Waals surface area contributed by atoms with Crippen molar-refractivity contribution in [3.63, 3.8) is 0 Å². The van der Waals surface area contributed by atoms with E-state index < -0.39 is 35.4 Å². The summed E-state index contributed by atoms with van der Waals surface area (Å²) in [7, 11) is 0. The Bertz CT molecular complexity index is 844. The summed E-state index contributed by atoms with van der Waals surface area (Å²) in [6.45, 7) is 0. The van der Waals surface area contributed by atoms with Gasteiger partial charge in [0.05, 0.1) is 5.56 Å². The zero-order valence-corrected chi connectivity index (χ0v) is 12.7. The van der Waals surface area contributed by atoms with Crippen LogP contribution in [0.25, 0.3) is 0 Å². The summed E-state index contributed by atoms with van der Waals surface area (Å²) < 4.78 is 9.41. The Labute approximate surface area is 141 Å². The summed E-state index contributed by atoms with van der Waals surface area (Å²) in [5, 5.41) is 10.1. The molecule has 7 heteroatoms. The maximum absolute atomic E-state index is 12.8. The van der Waals surface area contributed by atoms with Gasteiger partial charge in [-0.15, -0.1) is 0 Å². The van der Waals surface area contributed by atoms with Crippen molar-refractivity contribution in [3.8, 4) is 0 Å². The molecule has 2 aromatic carbocycles. The minimum atomic E-state index is -2.77. The first-order chi connectivity index (χ1) is 12.0. The molecule has 2 aromatic rings. The number of aliphatic hydroxyl groups is 1. The quantitative estimate of drug-likeness (QED) is 0.501. The van der Waals surface area contributed by atoms with Gasteiger partial charge in [-0.25, -0.2) is 14.4 Å². The van der Waals surface area contributed by atoms with Gasteiger partial charge >= 0.3 is 23.5 Å². The van der Waals surface area contributed by atoms with Crippen LogP contribution >= 0.6 is 0 Å². The largest absolute Gasteiger partial charge is 0.431 e. The lowest BCUT2D eigenvalue weighted by atomic mass is 9.88. The van der Waals surface area contributed by atoms with E-state index in [0.29, 0.717) is 0 Å². The lowest BCUT2D eigenvalue weighted by Crippen LogP contribution is -2.55. The van der Waals surface area contributed by atoms with Gasteiger partial charge in [-0.1, -0.05) is 48.5 Å². The van der Waals surface area contributed by atoms with Crippen LogP contribution < -0.4 is 0 Å². The van der Waals surface area contributed by atoms with Crippen molar-refractivity contribution < 1.29 is 33.8 Å². The molecular weight excluding hydrogens is 328 g/mol. The molecule has 1 saturated heterocycles. The van der Waals surface area contributed by atoms with Gasteiger partial charge in [0.2, 0.25) is 11.9 Å². The number of esters is 3. The van der Waals surface area contributed by atoms with Crippen LogP contribution in [0.4, 0.5) is 0 Å². The van der Waals surface area contributed by atoms with Crippen molar-refractivity contribution in [3.05, 3.63) is 71.8 Å². The molecule has 0 bridgehead atoms. The number of carbonyl (C=O) groups is 4. The van der Waals surface area contributed by atoms with Gasteiger partial charge in [0.1, 0.15) is 0 Å². The van der Waals surface area contributed by atoms with Crippen LogP contribution in [-0.2, 0) is 19.1 Å². The van der Waals surface area contributed by atoms with Crippen molar-refractivity contribution in [1.82, 2.24) is 0 Å². The maximum Gasteiger partial charge on any atom is 0.370 e. The van der Waals surface area contributed by atoms with E-state index in [1.54, 1.807) is 24.3 Å². The molecule has 126 valence electrons. The molecular formula is C18H12O7. The third-order valence-electron chi connectivity index (χ3n) is 3.74. The van der Waals surface area contributed by atoms with Crippen molar-refractivity contribution >= 4 is 23.7 Å². The van der Waals surface area contributed by atoms with Crippen LogP contribution in [0.2, 0.25) is 0 Å². The molecule has 1 N–H and O–H groups in total. The van der Waals surface area contributed by atoms with Crippen LogP contribution in [0.15, 0.2) is 60.7 Å². The lowest BCUT2D eigenvalue weighted by molar-refractivity contribution is -0.157. The van der Waals surface area contributed by atoms with E-state index >= 15 is 0 Å². The molecule has 2 atom stereocenters. The van der Waals surface area contributed by atoms with Gasteiger partial charge in [0.15, 0.2) is 0 Å². The molecule has 0 saturated carbocycles. The molecule has 25 heavy (non-hydrogen) atoms. The fourth-order valence-corrected chi connectivity index (χ4v) is 2.44. The molecule has 1 heterocycles. The molecule has 0 aromatic heterocycles. The van der Waals surface area contributed by atoms with E-state index in [1.807, 2.05) is 0 Å². The third kappa shape index (κ3) is 2.70. The monoisotopic (exact) mass is 340 g/mol. The highest BCUT2D eigenvalue weighted by atomic mass is 16.7. The Morgan fingerprint density at radius 1 is 0.920 bits per heavy atom. The van der Waals surface area contributed by atoms with Gasteiger partial charge in [0, 0.05) is 5.56 Å². The van der Waals surface area contributed by atoms with E-state index in [1.165, 1.54) is 36.4 Å². The van der Waals surface area contributed by atoms with E-state index in [9.17, 15) is 24.3 Å². The number of rotatable bonds is 4. The first-order valence-electron chi connectivity index (χ1n) is 7.29. The van der Waals surface area contributed by atoms with Gasteiger partial charge in [-0.3, -0.25) is 4.79 Å². The molecule has 3 rings (SSSR count). The van der Waals surface area contributed by atoms with Crippen LogP contribution in [0, 0.1) is 0 Å². The van der Waals surface area contributed by atoms with E-state index in [-0.39, 0.29) is 11.1 Å². The van der Waals surface area contributed by atoms with Gasteiger partial charge < -0.3 is 14.6 Å². The topological polar surface area (TPSA) is 107 Å². The SMILES string of the molecule is O=C(OC1(C(=O)c2ccccc2)C(=O)OC(=O)C1O)c1ccccc1. The Morgan fingerprint density at radius 3 is 1.92 bits per heavy atom. The summed E-state index contributed by atoms with van der Waals surface area (Å²) in [6, 6.07) is 15.0. The van der Waals surface area contributed by atoms with Crippen molar-refractivity contribution in [2.45, 2.75) is 11.7 Å². The third-order valence-corrected chi connectivity index (χ3v) is 3.74. The summed E-state index contributed by atoms with van der Waals surface area (Å²) in [4.78, 5) is 49.0. The zero-order valence-electron chi connectivity index (χ0n) is 12.7. The normalized spacial score (nSPS) is 22.4. The number of Topliss-reactive ketones (excluding diaryl/α,β-unsaturated/α-hetero) is 1. The second-order valence-corrected chi connectivity index (χ2v) is 5.30. The standard InChI is InChI=1S/C18H12O7/c19-13(11-7-3-1-4-8-11)18(14(20)16(22)24-17(18)23)25-15(21)12-9-5-2-6-10-12/h1-10,14,20H. The smallest absolute Gasteiger partial charge is 0.370 e. The van der Waals surface area contributed by atoms with Crippen LogP contribution in [0.3, 0.4) is 0 Å². The number of benzene rings is 2. The zero-order chi connectivity index (χ0) is 18.0. The fraction of sp³-hybridized carbons (Fsp3) is 0.111. The van der Waals surface area contributed by atoms with E-state index in [4.69, 9.17) is 4.74 Å². The first-order valence-corrected chi connectivity index (χ1v) is 7.29. The second-order valence-electron chi connectivity index (χ2n) is 5.30. The van der Waals surface area contributed by atoms with Gasteiger partial charge in [-0.2, -0.15) is 0 Å². The molecule has 0 radical (unpaired) electrons. The average molecular weight is 340 g/mol. The van der Waals surface area contributed by atoms with E-state index in [2.05, 4.69) is 4.74 Å². The van der Waals surface area contributed by atoms with Crippen LogP contribution in [0.5, 0.6) is 0 Å². The van der Waals surface area contributed by atoms with Gasteiger partial charge in [0.25, 0.3) is 0 Å². The Kier molecular flexibility index (Phi) is 4.16. The molecule has 0 amide bonds. The first kappa shape index (κ1) is 16.5. The van der Waals surface area contributed by atoms with Crippen LogP contribution in [-0.4, -0.2) is 40.5 Å². The predicted molar refractivity (Wildman–Crippen MR) is 82.5 cm³/mol. The molecule has 2 unspecified atom stereocenters. The molecule has 0 spiro atoms. The van der Waals surface area contributed by atoms with E-state index in [0.717, 1.165) is 0 Å². The Morgan fingerprint density at radius 2 is 1.44 bits per heavy atom. The second kappa shape index (κ2) is 6.29. The predicted octanol–water partition coefficient (Wildman–Crippen LogP) is 0.909. The number of ketones is 1. The molecule has 7 nitrogen and oxygen atoms in total. The van der Waals surface area contributed by atoms with Crippen molar-refractivity contribution in [2.75, 3.05) is 0 Å². The molecule has 1 fully saturated rings. The minimum Gasteiger partial charge on any atom is -0.431 e. The highest BCUT2D eigenvalue weighted by Gasteiger charge is 2.66.